The number of hydrogen-bond donors (Lipinski definition) is 2. The lowest BCUT2D eigenvalue weighted by Crippen LogP contribution is -2.46. The Morgan fingerprint density at radius 2 is 2.11 bits per heavy atom. The fraction of sp³-hybridized carbons (Fsp3) is 0.667. The van der Waals surface area contributed by atoms with Crippen molar-refractivity contribution in [2.24, 2.45) is 0 Å². The molecule has 0 atom stereocenters. The van der Waals surface area contributed by atoms with E-state index in [4.69, 9.17) is 5.11 Å². The number of aryl methyl sites for hydroxylation is 2. The molecule has 0 fully saturated rings. The van der Waals surface area contributed by atoms with E-state index in [9.17, 15) is 4.79 Å². The molecule has 6 heteroatoms. The van der Waals surface area contributed by atoms with Gasteiger partial charge in [-0.2, -0.15) is 5.10 Å². The Morgan fingerprint density at radius 1 is 1.50 bits per heavy atom. The van der Waals surface area contributed by atoms with Crippen LogP contribution in [0.2, 0.25) is 0 Å². The molecule has 0 unspecified atom stereocenters. The van der Waals surface area contributed by atoms with Gasteiger partial charge in [0.05, 0.1) is 15.9 Å². The second-order valence-corrected chi connectivity index (χ2v) is 5.45. The summed E-state index contributed by atoms with van der Waals surface area (Å²) >= 11 is 3.54. The molecule has 0 saturated carbocycles. The molecule has 0 spiro atoms. The summed E-state index contributed by atoms with van der Waals surface area (Å²) in [7, 11) is 0. The van der Waals surface area contributed by atoms with Gasteiger partial charge < -0.3 is 5.11 Å². The van der Waals surface area contributed by atoms with Crippen LogP contribution in [-0.2, 0) is 24.3 Å². The minimum Gasteiger partial charge on any atom is -0.480 e. The number of carboxylic acids is 1. The summed E-state index contributed by atoms with van der Waals surface area (Å²) in [6.07, 6.45) is 0.850. The van der Waals surface area contributed by atoms with Crippen molar-refractivity contribution in [1.82, 2.24) is 15.1 Å². The van der Waals surface area contributed by atoms with Crippen LogP contribution in [0.4, 0.5) is 0 Å². The third-order valence-corrected chi connectivity index (χ3v) is 3.84. The lowest BCUT2D eigenvalue weighted by molar-refractivity contribution is -0.143. The van der Waals surface area contributed by atoms with Crippen LogP contribution in [0.25, 0.3) is 0 Å². The molecule has 0 radical (unpaired) electrons. The van der Waals surface area contributed by atoms with Gasteiger partial charge >= 0.3 is 5.97 Å². The van der Waals surface area contributed by atoms with Crippen molar-refractivity contribution in [3.8, 4) is 0 Å². The highest BCUT2D eigenvalue weighted by molar-refractivity contribution is 9.10. The van der Waals surface area contributed by atoms with Crippen LogP contribution in [0.15, 0.2) is 4.47 Å². The molecule has 18 heavy (non-hydrogen) atoms. The fourth-order valence-corrected chi connectivity index (χ4v) is 2.27. The molecule has 0 aliphatic heterocycles. The van der Waals surface area contributed by atoms with Gasteiger partial charge in [0.15, 0.2) is 0 Å². The van der Waals surface area contributed by atoms with Crippen LogP contribution in [-0.4, -0.2) is 26.4 Å². The summed E-state index contributed by atoms with van der Waals surface area (Å²) in [6, 6.07) is 0. The summed E-state index contributed by atoms with van der Waals surface area (Å²) in [5.41, 5.74) is 1.04. The lowest BCUT2D eigenvalue weighted by atomic mass is 10.1. The molecule has 2 N–H and O–H groups in total. The summed E-state index contributed by atoms with van der Waals surface area (Å²) in [6.45, 7) is 8.60. The molecular formula is C12H20BrN3O2. The highest BCUT2D eigenvalue weighted by Gasteiger charge is 2.27. The zero-order chi connectivity index (χ0) is 13.9. The van der Waals surface area contributed by atoms with E-state index in [1.165, 1.54) is 0 Å². The number of hydrogen-bond acceptors (Lipinski definition) is 3. The molecule has 0 aromatic carbocycles. The average Bonchev–Trinajstić information content (AvgIpc) is 2.62. The zero-order valence-corrected chi connectivity index (χ0v) is 12.8. The predicted octanol–water partition coefficient (Wildman–Crippen LogP) is 2.18. The Kier molecular flexibility index (Phi) is 4.92. The van der Waals surface area contributed by atoms with Gasteiger partial charge in [-0.1, -0.05) is 6.92 Å². The van der Waals surface area contributed by atoms with Gasteiger partial charge in [0, 0.05) is 13.1 Å². The Bertz CT molecular complexity index is 441. The number of carbonyl (C=O) groups is 1. The standard InChI is InChI=1S/C12H20BrN3O2/c1-5-8-10(13)9(16(6-2)15-8)7-14-12(3,4)11(17)18/h14H,5-7H2,1-4H3,(H,17,18). The fourth-order valence-electron chi connectivity index (χ4n) is 1.57. The van der Waals surface area contributed by atoms with Gasteiger partial charge in [0.1, 0.15) is 5.54 Å². The van der Waals surface area contributed by atoms with Gasteiger partial charge in [-0.05, 0) is 43.1 Å². The van der Waals surface area contributed by atoms with Crippen molar-refractivity contribution >= 4 is 21.9 Å². The number of nitrogens with zero attached hydrogens (tertiary/aromatic N) is 2. The molecule has 0 amide bonds. The number of rotatable bonds is 6. The SMILES string of the molecule is CCc1nn(CC)c(CNC(C)(C)C(=O)O)c1Br. The highest BCUT2D eigenvalue weighted by Crippen LogP contribution is 2.22. The van der Waals surface area contributed by atoms with Crippen molar-refractivity contribution < 1.29 is 9.90 Å². The van der Waals surface area contributed by atoms with Crippen LogP contribution >= 0.6 is 15.9 Å². The van der Waals surface area contributed by atoms with Crippen LogP contribution in [0.3, 0.4) is 0 Å². The molecule has 0 aliphatic rings. The minimum absolute atomic E-state index is 0.473. The van der Waals surface area contributed by atoms with E-state index in [0.29, 0.717) is 6.54 Å². The van der Waals surface area contributed by atoms with Gasteiger partial charge in [0.25, 0.3) is 0 Å². The van der Waals surface area contributed by atoms with Crippen molar-refractivity contribution in [3.63, 3.8) is 0 Å². The summed E-state index contributed by atoms with van der Waals surface area (Å²) in [5, 5.41) is 16.6. The lowest BCUT2D eigenvalue weighted by Gasteiger charge is -2.21. The van der Waals surface area contributed by atoms with Gasteiger partial charge in [-0.15, -0.1) is 0 Å². The van der Waals surface area contributed by atoms with Crippen LogP contribution in [0.1, 0.15) is 39.1 Å². The van der Waals surface area contributed by atoms with Crippen molar-refractivity contribution in [2.75, 3.05) is 0 Å². The third kappa shape index (κ3) is 3.11. The molecule has 5 nitrogen and oxygen atoms in total. The molecule has 0 saturated heterocycles. The number of halogens is 1. The maximum atomic E-state index is 11.0. The molecule has 1 aromatic rings. The van der Waals surface area contributed by atoms with Crippen molar-refractivity contribution in [2.45, 2.75) is 52.7 Å². The summed E-state index contributed by atoms with van der Waals surface area (Å²) in [4.78, 5) is 11.0. The van der Waals surface area contributed by atoms with Gasteiger partial charge in [-0.25, -0.2) is 0 Å². The largest absolute Gasteiger partial charge is 0.480 e. The van der Waals surface area contributed by atoms with Crippen LogP contribution in [0, 0.1) is 0 Å². The van der Waals surface area contributed by atoms with E-state index in [0.717, 1.165) is 28.8 Å². The first-order chi connectivity index (χ1) is 8.33. The van der Waals surface area contributed by atoms with Gasteiger partial charge in [0.2, 0.25) is 0 Å². The van der Waals surface area contributed by atoms with Crippen LogP contribution in [0.5, 0.6) is 0 Å². The van der Waals surface area contributed by atoms with E-state index in [1.807, 2.05) is 18.5 Å². The van der Waals surface area contributed by atoms with E-state index < -0.39 is 11.5 Å². The van der Waals surface area contributed by atoms with E-state index in [1.54, 1.807) is 13.8 Å². The number of carboxylic acid groups (broad SMARTS) is 1. The Hall–Kier alpha value is -0.880. The monoisotopic (exact) mass is 317 g/mol. The Labute approximate surface area is 116 Å². The molecule has 1 rings (SSSR count). The van der Waals surface area contributed by atoms with E-state index in [-0.39, 0.29) is 0 Å². The second kappa shape index (κ2) is 5.84. The third-order valence-electron chi connectivity index (χ3n) is 2.93. The highest BCUT2D eigenvalue weighted by atomic mass is 79.9. The normalized spacial score (nSPS) is 11.8. The second-order valence-electron chi connectivity index (χ2n) is 4.66. The quantitative estimate of drug-likeness (QED) is 0.844. The average molecular weight is 318 g/mol. The van der Waals surface area contributed by atoms with E-state index in [2.05, 4.69) is 26.3 Å². The zero-order valence-electron chi connectivity index (χ0n) is 11.2. The molecule has 1 aromatic heterocycles. The first-order valence-corrected chi connectivity index (χ1v) is 6.85. The Balaban J connectivity index is 2.91. The van der Waals surface area contributed by atoms with Crippen molar-refractivity contribution in [1.29, 1.82) is 0 Å². The topological polar surface area (TPSA) is 67.2 Å². The smallest absolute Gasteiger partial charge is 0.323 e. The van der Waals surface area contributed by atoms with E-state index >= 15 is 0 Å². The Morgan fingerprint density at radius 3 is 2.56 bits per heavy atom. The van der Waals surface area contributed by atoms with Crippen LogP contribution < -0.4 is 5.32 Å². The number of nitrogens with one attached hydrogen (secondary N) is 1. The summed E-state index contributed by atoms with van der Waals surface area (Å²) in [5.74, 6) is -0.864. The molecule has 0 bridgehead atoms. The maximum absolute atomic E-state index is 11.0. The molecule has 1 heterocycles. The van der Waals surface area contributed by atoms with Gasteiger partial charge in [-0.3, -0.25) is 14.8 Å². The minimum atomic E-state index is -0.950. The summed E-state index contributed by atoms with van der Waals surface area (Å²) < 4.78 is 2.87. The molecule has 0 aliphatic carbocycles. The number of aliphatic carboxylic acids is 1. The first kappa shape index (κ1) is 15.2. The predicted molar refractivity (Wildman–Crippen MR) is 73.5 cm³/mol. The molecular weight excluding hydrogens is 298 g/mol. The first-order valence-electron chi connectivity index (χ1n) is 6.06. The number of aromatic nitrogens is 2. The maximum Gasteiger partial charge on any atom is 0.323 e. The molecule has 102 valence electrons. The van der Waals surface area contributed by atoms with Crippen molar-refractivity contribution in [3.05, 3.63) is 15.9 Å².